The van der Waals surface area contributed by atoms with E-state index in [9.17, 15) is 8.78 Å². The largest absolute Gasteiger partial charge is 0.353 e. The van der Waals surface area contributed by atoms with Gasteiger partial charge in [-0.15, -0.1) is 10.2 Å². The zero-order chi connectivity index (χ0) is 16.2. The Balaban J connectivity index is 1.58. The average Bonchev–Trinajstić information content (AvgIpc) is 3.04. The number of nitriles is 1. The number of aromatic nitrogens is 4. The van der Waals surface area contributed by atoms with Gasteiger partial charge in [-0.1, -0.05) is 0 Å². The zero-order valence-electron chi connectivity index (χ0n) is 12.3. The van der Waals surface area contributed by atoms with Crippen molar-refractivity contribution in [3.63, 3.8) is 0 Å². The number of nitrogens with zero attached hydrogens (tertiary/aromatic N) is 7. The molecule has 23 heavy (non-hydrogen) atoms. The molecule has 0 bridgehead atoms. The number of imidazole rings is 1. The number of alkyl halides is 2. The molecule has 0 amide bonds. The van der Waals surface area contributed by atoms with Gasteiger partial charge in [-0.25, -0.2) is 4.98 Å². The summed E-state index contributed by atoms with van der Waals surface area (Å²) in [5.74, 6) is 1.09. The highest BCUT2D eigenvalue weighted by atomic mass is 19.3. The highest BCUT2D eigenvalue weighted by Crippen LogP contribution is 2.17. The van der Waals surface area contributed by atoms with Gasteiger partial charge in [-0.3, -0.25) is 9.47 Å². The molecule has 0 aliphatic carbocycles. The summed E-state index contributed by atoms with van der Waals surface area (Å²) in [5.41, 5.74) is 0.284. The summed E-state index contributed by atoms with van der Waals surface area (Å²) in [7, 11) is 0. The number of rotatable bonds is 4. The van der Waals surface area contributed by atoms with Crippen molar-refractivity contribution in [2.24, 2.45) is 0 Å². The maximum atomic E-state index is 12.8. The molecule has 3 rings (SSSR count). The van der Waals surface area contributed by atoms with Gasteiger partial charge in [0.15, 0.2) is 11.5 Å². The van der Waals surface area contributed by atoms with Crippen molar-refractivity contribution in [1.29, 1.82) is 5.26 Å². The highest BCUT2D eigenvalue weighted by Gasteiger charge is 2.21. The van der Waals surface area contributed by atoms with Gasteiger partial charge in [-0.05, 0) is 12.1 Å². The monoisotopic (exact) mass is 319 g/mol. The standard InChI is InChI=1S/C14H15F2N7/c15-14(16)23-4-3-18-13(23)10-21-5-7-22(8-6-21)12-2-1-11(9-17)19-20-12/h1-4,14H,5-8,10H2. The van der Waals surface area contributed by atoms with Crippen molar-refractivity contribution in [1.82, 2.24) is 24.6 Å². The first kappa shape index (κ1) is 15.3. The smallest absolute Gasteiger partial charge is 0.319 e. The molecule has 9 heteroatoms. The first-order valence-corrected chi connectivity index (χ1v) is 7.18. The van der Waals surface area contributed by atoms with Crippen LogP contribution < -0.4 is 4.90 Å². The fourth-order valence-electron chi connectivity index (χ4n) is 2.53. The van der Waals surface area contributed by atoms with E-state index >= 15 is 0 Å². The van der Waals surface area contributed by atoms with Gasteiger partial charge < -0.3 is 4.90 Å². The molecule has 1 fully saturated rings. The van der Waals surface area contributed by atoms with Crippen LogP contribution in [0.5, 0.6) is 0 Å². The molecule has 0 unspecified atom stereocenters. The molecule has 0 radical (unpaired) electrons. The molecular formula is C14H15F2N7. The van der Waals surface area contributed by atoms with Crippen LogP contribution in [0.4, 0.5) is 14.6 Å². The van der Waals surface area contributed by atoms with E-state index in [1.807, 2.05) is 6.07 Å². The van der Waals surface area contributed by atoms with Gasteiger partial charge in [0, 0.05) is 38.6 Å². The molecule has 0 N–H and O–H groups in total. The molecule has 1 aliphatic rings. The van der Waals surface area contributed by atoms with Crippen LogP contribution in [0.3, 0.4) is 0 Å². The van der Waals surface area contributed by atoms with E-state index in [1.165, 1.54) is 12.4 Å². The van der Waals surface area contributed by atoms with Crippen LogP contribution in [0.2, 0.25) is 0 Å². The van der Waals surface area contributed by atoms with E-state index in [1.54, 1.807) is 12.1 Å². The summed E-state index contributed by atoms with van der Waals surface area (Å²) in [5, 5.41) is 16.6. The lowest BCUT2D eigenvalue weighted by atomic mass is 10.3. The Morgan fingerprint density at radius 2 is 1.96 bits per heavy atom. The van der Waals surface area contributed by atoms with Gasteiger partial charge in [0.2, 0.25) is 0 Å². The summed E-state index contributed by atoms with van der Waals surface area (Å²) in [6.07, 6.45) is 2.69. The minimum Gasteiger partial charge on any atom is -0.353 e. The zero-order valence-corrected chi connectivity index (χ0v) is 12.3. The highest BCUT2D eigenvalue weighted by molar-refractivity contribution is 5.39. The molecule has 1 aliphatic heterocycles. The summed E-state index contributed by atoms with van der Waals surface area (Å²) >= 11 is 0. The molecule has 7 nitrogen and oxygen atoms in total. The minimum absolute atomic E-state index is 0.284. The number of halogens is 2. The van der Waals surface area contributed by atoms with Crippen LogP contribution in [0.15, 0.2) is 24.5 Å². The summed E-state index contributed by atoms with van der Waals surface area (Å²) in [6, 6.07) is 5.33. The van der Waals surface area contributed by atoms with Crippen molar-refractivity contribution in [2.75, 3.05) is 31.1 Å². The third kappa shape index (κ3) is 3.43. The van der Waals surface area contributed by atoms with Crippen molar-refractivity contribution in [3.8, 4) is 6.07 Å². The van der Waals surface area contributed by atoms with Crippen molar-refractivity contribution in [2.45, 2.75) is 13.1 Å². The molecule has 2 aromatic rings. The average molecular weight is 319 g/mol. The Bertz CT molecular complexity index is 684. The van der Waals surface area contributed by atoms with Crippen LogP contribution in [0.1, 0.15) is 18.1 Å². The van der Waals surface area contributed by atoms with Crippen LogP contribution in [0, 0.1) is 11.3 Å². The Hall–Kier alpha value is -2.60. The van der Waals surface area contributed by atoms with Crippen molar-refractivity contribution in [3.05, 3.63) is 36.0 Å². The maximum absolute atomic E-state index is 12.8. The number of hydrogen-bond donors (Lipinski definition) is 0. The molecule has 3 heterocycles. The Kier molecular flexibility index (Phi) is 4.43. The predicted molar refractivity (Wildman–Crippen MR) is 77.7 cm³/mol. The minimum atomic E-state index is -2.57. The number of piperazine rings is 1. The molecule has 1 saturated heterocycles. The lowest BCUT2D eigenvalue weighted by Crippen LogP contribution is -2.46. The van der Waals surface area contributed by atoms with Gasteiger partial charge in [0.05, 0.1) is 6.54 Å². The van der Waals surface area contributed by atoms with E-state index < -0.39 is 6.55 Å². The van der Waals surface area contributed by atoms with E-state index in [0.29, 0.717) is 12.4 Å². The molecule has 0 aromatic carbocycles. The molecule has 2 aromatic heterocycles. The molecular weight excluding hydrogens is 304 g/mol. The van der Waals surface area contributed by atoms with Gasteiger partial charge in [0.1, 0.15) is 11.9 Å². The molecule has 0 atom stereocenters. The summed E-state index contributed by atoms with van der Waals surface area (Å²) in [4.78, 5) is 8.14. The van der Waals surface area contributed by atoms with Crippen molar-refractivity contribution >= 4 is 5.82 Å². The topological polar surface area (TPSA) is 73.9 Å². The van der Waals surface area contributed by atoms with Gasteiger partial charge in [0.25, 0.3) is 0 Å². The first-order valence-electron chi connectivity index (χ1n) is 7.18. The molecule has 0 spiro atoms. The summed E-state index contributed by atoms with van der Waals surface area (Å²) < 4.78 is 26.5. The van der Waals surface area contributed by atoms with Gasteiger partial charge in [-0.2, -0.15) is 14.0 Å². The van der Waals surface area contributed by atoms with Crippen LogP contribution in [-0.2, 0) is 6.54 Å². The van der Waals surface area contributed by atoms with Crippen LogP contribution in [0.25, 0.3) is 0 Å². The second-order valence-corrected chi connectivity index (χ2v) is 5.18. The number of hydrogen-bond acceptors (Lipinski definition) is 6. The maximum Gasteiger partial charge on any atom is 0.319 e. The SMILES string of the molecule is N#Cc1ccc(N2CCN(Cc3nccn3C(F)F)CC2)nn1. The fourth-order valence-corrected chi connectivity index (χ4v) is 2.53. The third-order valence-corrected chi connectivity index (χ3v) is 3.79. The van der Waals surface area contributed by atoms with Gasteiger partial charge >= 0.3 is 6.55 Å². The van der Waals surface area contributed by atoms with Crippen LogP contribution >= 0.6 is 0 Å². The Morgan fingerprint density at radius 3 is 2.57 bits per heavy atom. The lowest BCUT2D eigenvalue weighted by molar-refractivity contribution is 0.0636. The van der Waals surface area contributed by atoms with E-state index in [0.717, 1.165) is 36.6 Å². The van der Waals surface area contributed by atoms with Crippen molar-refractivity contribution < 1.29 is 8.78 Å². The quantitative estimate of drug-likeness (QED) is 0.845. The normalized spacial score (nSPS) is 15.8. The van der Waals surface area contributed by atoms with Crippen LogP contribution in [-0.4, -0.2) is 50.8 Å². The second kappa shape index (κ2) is 6.66. The molecule has 120 valence electrons. The van der Waals surface area contributed by atoms with E-state index in [4.69, 9.17) is 5.26 Å². The number of anilines is 1. The third-order valence-electron chi connectivity index (χ3n) is 3.79. The fraction of sp³-hybridized carbons (Fsp3) is 0.429. The Labute approximate surface area is 131 Å². The van der Waals surface area contributed by atoms with E-state index in [-0.39, 0.29) is 5.69 Å². The first-order chi connectivity index (χ1) is 11.2. The van der Waals surface area contributed by atoms with E-state index in [2.05, 4.69) is 25.0 Å². The molecule has 0 saturated carbocycles. The summed E-state index contributed by atoms with van der Waals surface area (Å²) in [6.45, 7) is 0.703. The second-order valence-electron chi connectivity index (χ2n) is 5.18. The predicted octanol–water partition coefficient (Wildman–Crippen LogP) is 1.26. The Morgan fingerprint density at radius 1 is 1.17 bits per heavy atom. The lowest BCUT2D eigenvalue weighted by Gasteiger charge is -2.34.